The molecule has 1 heterocycles. The van der Waals surface area contributed by atoms with E-state index in [-0.39, 0.29) is 0 Å². The molecule has 2 rings (SSSR count). The Kier molecular flexibility index (Phi) is 2.58. The fourth-order valence-electron chi connectivity index (χ4n) is 1.57. The normalized spacial score (nSPS) is 10.9. The minimum Gasteiger partial charge on any atom is -0.497 e. The first kappa shape index (κ1) is 9.97. The Bertz CT molecular complexity index is 477. The molecule has 0 fully saturated rings. The maximum Gasteiger partial charge on any atom is 0.119 e. The Morgan fingerprint density at radius 3 is 2.60 bits per heavy atom. The highest BCUT2D eigenvalue weighted by Crippen LogP contribution is 2.21. The second kappa shape index (κ2) is 3.89. The minimum atomic E-state index is 0.469. The summed E-state index contributed by atoms with van der Waals surface area (Å²) < 4.78 is 5.17. The first-order valence-corrected chi connectivity index (χ1v) is 5.15. The number of rotatable bonds is 2. The zero-order valence-corrected chi connectivity index (χ0v) is 9.32. The number of nitrogens with zero attached hydrogens (tertiary/aromatic N) is 1. The molecule has 0 bridgehead atoms. The van der Waals surface area contributed by atoms with Crippen molar-refractivity contribution in [3.8, 4) is 5.75 Å². The minimum absolute atomic E-state index is 0.469. The molecule has 0 saturated heterocycles. The van der Waals surface area contributed by atoms with Crippen molar-refractivity contribution in [2.24, 2.45) is 0 Å². The van der Waals surface area contributed by atoms with Crippen LogP contribution in [-0.2, 0) is 0 Å². The molecule has 1 aromatic heterocycles. The predicted octanol–water partition coefficient (Wildman–Crippen LogP) is 3.37. The Hall–Kier alpha value is -1.57. The molecule has 0 aliphatic heterocycles. The molecule has 0 amide bonds. The van der Waals surface area contributed by atoms with Crippen molar-refractivity contribution in [2.75, 3.05) is 7.11 Å². The molecule has 0 radical (unpaired) electrons. The molecule has 0 spiro atoms. The summed E-state index contributed by atoms with van der Waals surface area (Å²) >= 11 is 0. The van der Waals surface area contributed by atoms with Crippen molar-refractivity contribution in [3.63, 3.8) is 0 Å². The van der Waals surface area contributed by atoms with E-state index in [0.29, 0.717) is 5.92 Å². The lowest BCUT2D eigenvalue weighted by atomic mass is 10.1. The van der Waals surface area contributed by atoms with E-state index in [0.717, 1.165) is 22.3 Å². The first-order valence-electron chi connectivity index (χ1n) is 5.15. The van der Waals surface area contributed by atoms with E-state index in [1.54, 1.807) is 7.11 Å². The van der Waals surface area contributed by atoms with Crippen LogP contribution in [0.1, 0.15) is 25.5 Å². The predicted molar refractivity (Wildman–Crippen MR) is 62.4 cm³/mol. The smallest absolute Gasteiger partial charge is 0.119 e. The van der Waals surface area contributed by atoms with Crippen molar-refractivity contribution in [1.29, 1.82) is 0 Å². The summed E-state index contributed by atoms with van der Waals surface area (Å²) in [6, 6.07) is 10.1. The molecule has 15 heavy (non-hydrogen) atoms. The van der Waals surface area contributed by atoms with Crippen LogP contribution in [0, 0.1) is 0 Å². The van der Waals surface area contributed by atoms with Crippen LogP contribution < -0.4 is 4.74 Å². The first-order chi connectivity index (χ1) is 7.20. The number of benzene rings is 1. The number of hydrogen-bond acceptors (Lipinski definition) is 2. The lowest BCUT2D eigenvalue weighted by Gasteiger charge is -2.06. The second-order valence-corrected chi connectivity index (χ2v) is 3.95. The van der Waals surface area contributed by atoms with Gasteiger partial charge in [0.05, 0.1) is 12.6 Å². The largest absolute Gasteiger partial charge is 0.497 e. The fourth-order valence-corrected chi connectivity index (χ4v) is 1.57. The van der Waals surface area contributed by atoms with E-state index in [2.05, 4.69) is 31.0 Å². The van der Waals surface area contributed by atoms with Gasteiger partial charge in [-0.25, -0.2) is 0 Å². The van der Waals surface area contributed by atoms with Crippen LogP contribution in [0.5, 0.6) is 5.75 Å². The molecule has 1 aromatic carbocycles. The zero-order valence-electron chi connectivity index (χ0n) is 9.32. The molecule has 2 heteroatoms. The lowest BCUT2D eigenvalue weighted by molar-refractivity contribution is 0.415. The molecule has 0 aliphatic rings. The molecule has 0 saturated carbocycles. The second-order valence-electron chi connectivity index (χ2n) is 3.95. The van der Waals surface area contributed by atoms with Crippen molar-refractivity contribution < 1.29 is 4.74 Å². The van der Waals surface area contributed by atoms with Gasteiger partial charge < -0.3 is 4.74 Å². The van der Waals surface area contributed by atoms with Crippen molar-refractivity contribution in [2.45, 2.75) is 19.8 Å². The maximum atomic E-state index is 5.17. The summed E-state index contributed by atoms with van der Waals surface area (Å²) in [6.07, 6.45) is 0. The van der Waals surface area contributed by atoms with Gasteiger partial charge in [-0.2, -0.15) is 0 Å². The van der Waals surface area contributed by atoms with Gasteiger partial charge in [-0.05, 0) is 30.2 Å². The van der Waals surface area contributed by atoms with E-state index in [1.165, 1.54) is 0 Å². The fraction of sp³-hybridized carbons (Fsp3) is 0.308. The number of methoxy groups -OCH3 is 1. The van der Waals surface area contributed by atoms with Crippen molar-refractivity contribution in [3.05, 3.63) is 36.0 Å². The SMILES string of the molecule is COc1ccc2nc(C(C)C)ccc2c1. The lowest BCUT2D eigenvalue weighted by Crippen LogP contribution is -1.92. The van der Waals surface area contributed by atoms with Crippen LogP contribution in [0.2, 0.25) is 0 Å². The number of fused-ring (bicyclic) bond motifs is 1. The summed E-state index contributed by atoms with van der Waals surface area (Å²) in [4.78, 5) is 4.59. The molecule has 0 atom stereocenters. The van der Waals surface area contributed by atoms with Gasteiger partial charge in [0.2, 0.25) is 0 Å². The van der Waals surface area contributed by atoms with Gasteiger partial charge in [-0.1, -0.05) is 19.9 Å². The zero-order chi connectivity index (χ0) is 10.8. The Labute approximate surface area is 89.9 Å². The highest BCUT2D eigenvalue weighted by atomic mass is 16.5. The Balaban J connectivity index is 2.55. The molecule has 0 unspecified atom stereocenters. The van der Waals surface area contributed by atoms with Crippen molar-refractivity contribution >= 4 is 10.9 Å². The van der Waals surface area contributed by atoms with Crippen LogP contribution >= 0.6 is 0 Å². The van der Waals surface area contributed by atoms with Gasteiger partial charge in [0.15, 0.2) is 0 Å². The summed E-state index contributed by atoms with van der Waals surface area (Å²) in [6.45, 7) is 4.30. The summed E-state index contributed by atoms with van der Waals surface area (Å²) in [7, 11) is 1.68. The maximum absolute atomic E-state index is 5.17. The molecule has 2 aromatic rings. The number of hydrogen-bond donors (Lipinski definition) is 0. The molecular weight excluding hydrogens is 186 g/mol. The number of aromatic nitrogens is 1. The number of pyridine rings is 1. The van der Waals surface area contributed by atoms with Gasteiger partial charge in [-0.3, -0.25) is 4.98 Å². The van der Waals surface area contributed by atoms with Crippen LogP contribution in [0.3, 0.4) is 0 Å². The van der Waals surface area contributed by atoms with E-state index in [4.69, 9.17) is 4.74 Å². The third-order valence-electron chi connectivity index (χ3n) is 2.51. The van der Waals surface area contributed by atoms with E-state index >= 15 is 0 Å². The van der Waals surface area contributed by atoms with Gasteiger partial charge >= 0.3 is 0 Å². The van der Waals surface area contributed by atoms with Gasteiger partial charge in [-0.15, -0.1) is 0 Å². The van der Waals surface area contributed by atoms with E-state index in [1.807, 2.05) is 18.2 Å². The molecule has 0 N–H and O–H groups in total. The van der Waals surface area contributed by atoms with E-state index < -0.39 is 0 Å². The molecular formula is C13H15NO. The van der Waals surface area contributed by atoms with Gasteiger partial charge in [0, 0.05) is 11.1 Å². The Morgan fingerprint density at radius 1 is 1.13 bits per heavy atom. The average molecular weight is 201 g/mol. The van der Waals surface area contributed by atoms with Gasteiger partial charge in [0.1, 0.15) is 5.75 Å². The quantitative estimate of drug-likeness (QED) is 0.743. The van der Waals surface area contributed by atoms with Crippen LogP contribution in [0.25, 0.3) is 10.9 Å². The molecule has 0 aliphatic carbocycles. The number of ether oxygens (including phenoxy) is 1. The van der Waals surface area contributed by atoms with Gasteiger partial charge in [0.25, 0.3) is 0 Å². The van der Waals surface area contributed by atoms with Crippen LogP contribution in [0.4, 0.5) is 0 Å². The summed E-state index contributed by atoms with van der Waals surface area (Å²) in [5.74, 6) is 1.35. The Morgan fingerprint density at radius 2 is 1.93 bits per heavy atom. The van der Waals surface area contributed by atoms with Crippen molar-refractivity contribution in [1.82, 2.24) is 4.98 Å². The topological polar surface area (TPSA) is 22.1 Å². The molecule has 78 valence electrons. The van der Waals surface area contributed by atoms with Crippen LogP contribution in [-0.4, -0.2) is 12.1 Å². The standard InChI is InChI=1S/C13H15NO/c1-9(2)12-6-4-10-8-11(15-3)5-7-13(10)14-12/h4-9H,1-3H3. The van der Waals surface area contributed by atoms with E-state index in [9.17, 15) is 0 Å². The monoisotopic (exact) mass is 201 g/mol. The van der Waals surface area contributed by atoms with Crippen LogP contribution in [0.15, 0.2) is 30.3 Å². The summed E-state index contributed by atoms with van der Waals surface area (Å²) in [5.41, 5.74) is 2.16. The highest BCUT2D eigenvalue weighted by Gasteiger charge is 2.02. The summed E-state index contributed by atoms with van der Waals surface area (Å²) in [5, 5.41) is 1.12. The highest BCUT2D eigenvalue weighted by molar-refractivity contribution is 5.80. The third-order valence-corrected chi connectivity index (χ3v) is 2.51. The molecule has 2 nitrogen and oxygen atoms in total. The third kappa shape index (κ3) is 1.94. The average Bonchev–Trinajstić information content (AvgIpc) is 2.27.